The minimum Gasteiger partial charge on any atom is -0.493 e. The Morgan fingerprint density at radius 2 is 1.08 bits per heavy atom. The number of methoxy groups -OCH3 is 2. The molecule has 0 amide bonds. The Morgan fingerprint density at radius 3 is 1.50 bits per heavy atom. The first-order chi connectivity index (χ1) is 17.7. The van der Waals surface area contributed by atoms with E-state index in [4.69, 9.17) is 28.6 Å². The van der Waals surface area contributed by atoms with Crippen LogP contribution in [-0.2, 0) is 22.9 Å². The van der Waals surface area contributed by atoms with Crippen molar-refractivity contribution in [3.63, 3.8) is 0 Å². The van der Waals surface area contributed by atoms with Crippen molar-refractivity contribution >= 4 is 12.4 Å². The van der Waals surface area contributed by atoms with Gasteiger partial charge in [0.25, 0.3) is 0 Å². The summed E-state index contributed by atoms with van der Waals surface area (Å²) in [5, 5.41) is 8.13. The van der Waals surface area contributed by atoms with Gasteiger partial charge in [0, 0.05) is 11.1 Å². The van der Waals surface area contributed by atoms with Gasteiger partial charge in [-0.1, -0.05) is 28.5 Å². The van der Waals surface area contributed by atoms with Crippen LogP contribution in [0.4, 0.5) is 0 Å². The van der Waals surface area contributed by atoms with Gasteiger partial charge in [0.1, 0.15) is 13.2 Å². The molecule has 0 bridgehead atoms. The van der Waals surface area contributed by atoms with Crippen LogP contribution in [0.15, 0.2) is 71.0 Å². The second-order valence-electron chi connectivity index (χ2n) is 7.52. The van der Waals surface area contributed by atoms with Crippen molar-refractivity contribution in [1.29, 1.82) is 0 Å². The lowest BCUT2D eigenvalue weighted by Gasteiger charge is -2.09. The van der Waals surface area contributed by atoms with E-state index in [0.717, 1.165) is 22.3 Å². The van der Waals surface area contributed by atoms with Crippen molar-refractivity contribution in [2.24, 2.45) is 10.3 Å². The summed E-state index contributed by atoms with van der Waals surface area (Å²) in [6.07, 6.45) is 3.27. The van der Waals surface area contributed by atoms with E-state index in [9.17, 15) is 0 Å². The summed E-state index contributed by atoms with van der Waals surface area (Å²) in [6, 6.07) is 19.0. The van der Waals surface area contributed by atoms with E-state index >= 15 is 0 Å². The van der Waals surface area contributed by atoms with Gasteiger partial charge in [-0.25, -0.2) is 0 Å². The van der Waals surface area contributed by atoms with Gasteiger partial charge in [0.15, 0.2) is 23.0 Å². The SMILES string of the molecule is CCOc1ccc(/C=N/OCc2cccc(CO/N=C/c3ccc(OCC)c(OC)c3)c2)cc1OC. The van der Waals surface area contributed by atoms with Crippen molar-refractivity contribution in [1.82, 2.24) is 0 Å². The fourth-order valence-corrected chi connectivity index (χ4v) is 3.31. The number of benzene rings is 3. The summed E-state index contributed by atoms with van der Waals surface area (Å²) >= 11 is 0. The first-order valence-corrected chi connectivity index (χ1v) is 11.7. The van der Waals surface area contributed by atoms with E-state index in [0.29, 0.717) is 49.4 Å². The molecule has 36 heavy (non-hydrogen) atoms. The van der Waals surface area contributed by atoms with Crippen LogP contribution in [0.25, 0.3) is 0 Å². The number of hydrogen-bond donors (Lipinski definition) is 0. The van der Waals surface area contributed by atoms with Crippen LogP contribution in [0.3, 0.4) is 0 Å². The molecule has 0 saturated heterocycles. The fraction of sp³-hybridized carbons (Fsp3) is 0.286. The molecule has 190 valence electrons. The third-order valence-corrected chi connectivity index (χ3v) is 4.98. The quantitative estimate of drug-likeness (QED) is 0.215. The van der Waals surface area contributed by atoms with E-state index in [2.05, 4.69) is 10.3 Å². The molecule has 0 radical (unpaired) electrons. The third-order valence-electron chi connectivity index (χ3n) is 4.98. The highest BCUT2D eigenvalue weighted by Gasteiger charge is 2.05. The van der Waals surface area contributed by atoms with E-state index in [-0.39, 0.29) is 0 Å². The van der Waals surface area contributed by atoms with Gasteiger partial charge in [0.05, 0.1) is 39.9 Å². The van der Waals surface area contributed by atoms with Crippen LogP contribution in [0.2, 0.25) is 0 Å². The predicted octanol–water partition coefficient (Wildman–Crippen LogP) is 5.60. The molecular formula is C28H32N2O6. The summed E-state index contributed by atoms with van der Waals surface area (Å²) in [5.74, 6) is 2.69. The number of rotatable bonds is 14. The summed E-state index contributed by atoms with van der Waals surface area (Å²) in [5.41, 5.74) is 3.64. The minimum atomic E-state index is 0.327. The first kappa shape index (κ1) is 26.4. The Bertz CT molecular complexity index is 1080. The maximum atomic E-state index is 5.53. The van der Waals surface area contributed by atoms with Crippen molar-refractivity contribution < 1.29 is 28.6 Å². The number of oxime groups is 2. The Kier molecular flexibility index (Phi) is 10.5. The zero-order valence-electron chi connectivity index (χ0n) is 21.1. The normalized spacial score (nSPS) is 11.0. The smallest absolute Gasteiger partial charge is 0.161 e. The minimum absolute atomic E-state index is 0.327. The number of hydrogen-bond acceptors (Lipinski definition) is 8. The molecule has 0 heterocycles. The van der Waals surface area contributed by atoms with Crippen LogP contribution in [-0.4, -0.2) is 39.9 Å². The zero-order chi connectivity index (χ0) is 25.6. The molecule has 0 aliphatic carbocycles. The Morgan fingerprint density at radius 1 is 0.611 bits per heavy atom. The average molecular weight is 493 g/mol. The van der Waals surface area contributed by atoms with Crippen molar-refractivity contribution in [3.8, 4) is 23.0 Å². The highest BCUT2D eigenvalue weighted by Crippen LogP contribution is 2.28. The standard InChI is InChI=1S/C28H32N2O6/c1-5-33-25-12-10-21(15-27(25)31-3)17-29-35-19-23-8-7-9-24(14-23)20-36-30-18-22-11-13-26(34-6-2)28(16-22)32-4/h7-18H,5-6,19-20H2,1-4H3/b29-17+,30-18+. The lowest BCUT2D eigenvalue weighted by molar-refractivity contribution is 0.128. The molecule has 0 N–H and O–H groups in total. The van der Waals surface area contributed by atoms with Crippen LogP contribution >= 0.6 is 0 Å². The molecule has 0 aliphatic heterocycles. The van der Waals surface area contributed by atoms with Crippen molar-refractivity contribution in [3.05, 3.63) is 82.9 Å². The van der Waals surface area contributed by atoms with Crippen LogP contribution in [0, 0.1) is 0 Å². The summed E-state index contributed by atoms with van der Waals surface area (Å²) < 4.78 is 21.8. The molecule has 0 saturated carbocycles. The second-order valence-corrected chi connectivity index (χ2v) is 7.52. The van der Waals surface area contributed by atoms with Gasteiger partial charge in [-0.05, 0) is 67.4 Å². The predicted molar refractivity (Wildman–Crippen MR) is 140 cm³/mol. The van der Waals surface area contributed by atoms with Crippen molar-refractivity contribution in [2.45, 2.75) is 27.1 Å². The zero-order valence-corrected chi connectivity index (χ0v) is 21.1. The Balaban J connectivity index is 1.49. The number of nitrogens with zero attached hydrogens (tertiary/aromatic N) is 2. The molecule has 3 aromatic carbocycles. The molecule has 0 unspecified atom stereocenters. The topological polar surface area (TPSA) is 80.1 Å². The maximum absolute atomic E-state index is 5.53. The van der Waals surface area contributed by atoms with Gasteiger partial charge >= 0.3 is 0 Å². The van der Waals surface area contributed by atoms with Crippen LogP contribution in [0.5, 0.6) is 23.0 Å². The van der Waals surface area contributed by atoms with Gasteiger partial charge in [-0.2, -0.15) is 0 Å². The molecule has 0 spiro atoms. The van der Waals surface area contributed by atoms with E-state index < -0.39 is 0 Å². The monoisotopic (exact) mass is 492 g/mol. The molecule has 8 heteroatoms. The Hall–Kier alpha value is -4.20. The third kappa shape index (κ3) is 7.94. The molecule has 0 fully saturated rings. The maximum Gasteiger partial charge on any atom is 0.161 e. The molecule has 3 rings (SSSR count). The summed E-state index contributed by atoms with van der Waals surface area (Å²) in [7, 11) is 3.21. The van der Waals surface area contributed by atoms with Gasteiger partial charge < -0.3 is 28.6 Å². The molecule has 0 aromatic heterocycles. The van der Waals surface area contributed by atoms with Gasteiger partial charge in [0.2, 0.25) is 0 Å². The Labute approximate surface area is 212 Å². The van der Waals surface area contributed by atoms with E-state index in [1.165, 1.54) is 0 Å². The molecule has 8 nitrogen and oxygen atoms in total. The van der Waals surface area contributed by atoms with Gasteiger partial charge in [-0.15, -0.1) is 0 Å². The highest BCUT2D eigenvalue weighted by molar-refractivity contribution is 5.81. The lowest BCUT2D eigenvalue weighted by Crippen LogP contribution is -1.96. The molecule has 0 atom stereocenters. The second kappa shape index (κ2) is 14.3. The van der Waals surface area contributed by atoms with E-state index in [1.807, 2.05) is 74.5 Å². The first-order valence-electron chi connectivity index (χ1n) is 11.7. The molecule has 0 aliphatic rings. The summed E-state index contributed by atoms with van der Waals surface area (Å²) in [4.78, 5) is 10.9. The van der Waals surface area contributed by atoms with Crippen LogP contribution in [0.1, 0.15) is 36.1 Å². The van der Waals surface area contributed by atoms with Crippen molar-refractivity contribution in [2.75, 3.05) is 27.4 Å². The van der Waals surface area contributed by atoms with Crippen LogP contribution < -0.4 is 18.9 Å². The lowest BCUT2D eigenvalue weighted by atomic mass is 10.1. The summed E-state index contributed by atoms with van der Waals surface area (Å²) in [6.45, 7) is 5.65. The average Bonchev–Trinajstić information content (AvgIpc) is 2.91. The molecule has 3 aromatic rings. The fourth-order valence-electron chi connectivity index (χ4n) is 3.31. The largest absolute Gasteiger partial charge is 0.493 e. The van der Waals surface area contributed by atoms with Gasteiger partial charge in [-0.3, -0.25) is 0 Å². The molecular weight excluding hydrogens is 460 g/mol. The number of ether oxygens (including phenoxy) is 4. The highest BCUT2D eigenvalue weighted by atomic mass is 16.6. The van der Waals surface area contributed by atoms with E-state index in [1.54, 1.807) is 26.6 Å².